The van der Waals surface area contributed by atoms with Gasteiger partial charge >= 0.3 is 5.91 Å². The first-order valence-electron chi connectivity index (χ1n) is 7.82. The molecule has 2 bridgehead atoms. The van der Waals surface area contributed by atoms with Gasteiger partial charge in [-0.3, -0.25) is 4.99 Å². The van der Waals surface area contributed by atoms with E-state index in [4.69, 9.17) is 4.74 Å². The maximum atomic E-state index is 11.8. The van der Waals surface area contributed by atoms with E-state index >= 15 is 0 Å². The molecule has 0 aromatic heterocycles. The quantitative estimate of drug-likeness (QED) is 0.815. The van der Waals surface area contributed by atoms with Crippen LogP contribution in [0.15, 0.2) is 23.2 Å². The first-order valence-corrected chi connectivity index (χ1v) is 7.82. The van der Waals surface area contributed by atoms with Crippen molar-refractivity contribution in [1.29, 1.82) is 0 Å². The van der Waals surface area contributed by atoms with Crippen LogP contribution < -0.4 is 10.2 Å². The van der Waals surface area contributed by atoms with Gasteiger partial charge in [-0.25, -0.2) is 4.79 Å². The van der Waals surface area contributed by atoms with E-state index in [1.165, 1.54) is 25.9 Å². The maximum Gasteiger partial charge on any atom is 0.346 e. The van der Waals surface area contributed by atoms with Gasteiger partial charge < -0.3 is 20.3 Å². The number of fused-ring (bicyclic) bond motifs is 4. The third-order valence-electron chi connectivity index (χ3n) is 5.11. The molecule has 0 radical (unpaired) electrons. The van der Waals surface area contributed by atoms with E-state index in [1.807, 2.05) is 6.21 Å². The van der Waals surface area contributed by atoms with E-state index in [9.17, 15) is 10.0 Å². The number of benzene rings is 1. The van der Waals surface area contributed by atoms with E-state index in [2.05, 4.69) is 9.89 Å². The fourth-order valence-electron chi connectivity index (χ4n) is 3.91. The number of primary amides is 1. The van der Waals surface area contributed by atoms with Crippen molar-refractivity contribution >= 4 is 17.8 Å². The summed E-state index contributed by atoms with van der Waals surface area (Å²) in [6.07, 6.45) is 4.17. The zero-order valence-electron chi connectivity index (χ0n) is 12.3. The number of ether oxygens (including phenoxy) is 1. The number of hydroxylamine groups is 1. The van der Waals surface area contributed by atoms with E-state index in [0.29, 0.717) is 34.3 Å². The molecule has 116 valence electrons. The molecule has 0 spiro atoms. The van der Waals surface area contributed by atoms with Crippen LogP contribution in [-0.4, -0.2) is 42.8 Å². The molecule has 4 aliphatic heterocycles. The van der Waals surface area contributed by atoms with Crippen molar-refractivity contribution in [3.63, 3.8) is 0 Å². The van der Waals surface area contributed by atoms with Gasteiger partial charge in [0.15, 0.2) is 5.75 Å². The molecular weight excluding hydrogens is 282 g/mol. The second-order valence-electron chi connectivity index (χ2n) is 6.30. The summed E-state index contributed by atoms with van der Waals surface area (Å²) in [5.74, 6) is 0.987. The van der Waals surface area contributed by atoms with Gasteiger partial charge in [0.05, 0.1) is 0 Å². The number of para-hydroxylation sites is 1. The van der Waals surface area contributed by atoms with Gasteiger partial charge in [-0.2, -0.15) is 0 Å². The number of hydrogen-bond acceptors (Lipinski definition) is 5. The number of carbonyl (C=O) groups excluding carboxylic acids is 1. The Balaban J connectivity index is 1.62. The topological polar surface area (TPSA) is 81.6 Å². The van der Waals surface area contributed by atoms with E-state index < -0.39 is 5.91 Å². The summed E-state index contributed by atoms with van der Waals surface area (Å²) in [4.78, 5) is 18.7. The Hall–Kier alpha value is -1.76. The highest BCUT2D eigenvalue weighted by atomic mass is 16.5. The Bertz CT molecular complexity index is 623. The molecule has 2 unspecified atom stereocenters. The summed E-state index contributed by atoms with van der Waals surface area (Å²) < 4.78 is 6.12. The smallest absolute Gasteiger partial charge is 0.346 e. The highest BCUT2D eigenvalue weighted by Crippen LogP contribution is 2.40. The van der Waals surface area contributed by atoms with Gasteiger partial charge in [0.25, 0.3) is 0 Å². The molecular formula is C16H19N3O3. The van der Waals surface area contributed by atoms with Crippen LogP contribution in [0, 0.1) is 17.0 Å². The lowest BCUT2D eigenvalue weighted by Gasteiger charge is -2.47. The number of amides is 1. The van der Waals surface area contributed by atoms with Crippen LogP contribution in [0.5, 0.6) is 5.75 Å². The van der Waals surface area contributed by atoms with Crippen molar-refractivity contribution in [3.8, 4) is 5.75 Å². The monoisotopic (exact) mass is 301 g/mol. The van der Waals surface area contributed by atoms with Crippen LogP contribution in [0.2, 0.25) is 0 Å². The van der Waals surface area contributed by atoms with Gasteiger partial charge in [0, 0.05) is 18.7 Å². The lowest BCUT2D eigenvalue weighted by molar-refractivity contribution is -0.482. The molecule has 5 rings (SSSR count). The summed E-state index contributed by atoms with van der Waals surface area (Å²) >= 11 is 0. The Morgan fingerprint density at radius 2 is 2.18 bits per heavy atom. The van der Waals surface area contributed by atoms with Crippen LogP contribution in [0.3, 0.4) is 0 Å². The standard InChI is InChI=1S/C16H19N3O3/c20-16(18-21)11-2-1-3-13-15(11)22-14(8-17-13)12-9-19-6-4-10(12)5-7-19/h1-3,8,10,12,14H,4-7,9,18H2. The number of nitrogens with two attached hydrogens (primary N) is 1. The molecule has 2 N–H and O–H groups in total. The molecule has 4 aliphatic rings. The number of quaternary nitrogens is 1. The minimum Gasteiger partial charge on any atom is -0.628 e. The molecule has 4 heterocycles. The third-order valence-corrected chi connectivity index (χ3v) is 5.11. The maximum absolute atomic E-state index is 11.8. The van der Waals surface area contributed by atoms with Gasteiger partial charge in [0.2, 0.25) is 0 Å². The third kappa shape index (κ3) is 2.24. The summed E-state index contributed by atoms with van der Waals surface area (Å²) in [5, 5.41) is 10.8. The number of nitrogens with zero attached hydrogens (tertiary/aromatic N) is 2. The molecule has 22 heavy (non-hydrogen) atoms. The average molecular weight is 301 g/mol. The predicted octanol–water partition coefficient (Wildman–Crippen LogP) is 0.693. The van der Waals surface area contributed by atoms with E-state index in [1.54, 1.807) is 18.2 Å². The second kappa shape index (κ2) is 5.46. The number of piperidine rings is 3. The number of rotatable bonds is 2. The largest absolute Gasteiger partial charge is 0.628 e. The van der Waals surface area contributed by atoms with Crippen molar-refractivity contribution < 1.29 is 15.0 Å². The van der Waals surface area contributed by atoms with Crippen molar-refractivity contribution in [2.45, 2.75) is 18.9 Å². The zero-order chi connectivity index (χ0) is 15.1. The molecule has 1 aromatic rings. The highest BCUT2D eigenvalue weighted by molar-refractivity contribution is 5.93. The van der Waals surface area contributed by atoms with Gasteiger partial charge in [-0.1, -0.05) is 6.07 Å². The molecule has 3 saturated heterocycles. The van der Waals surface area contributed by atoms with E-state index in [-0.39, 0.29) is 6.10 Å². The van der Waals surface area contributed by atoms with Crippen molar-refractivity contribution in [2.75, 3.05) is 19.6 Å². The molecule has 0 saturated carbocycles. The predicted molar refractivity (Wildman–Crippen MR) is 81.3 cm³/mol. The molecule has 6 heteroatoms. The van der Waals surface area contributed by atoms with Crippen LogP contribution in [0.1, 0.15) is 23.2 Å². The van der Waals surface area contributed by atoms with Crippen LogP contribution in [-0.2, 0) is 0 Å². The Morgan fingerprint density at radius 1 is 1.36 bits per heavy atom. The van der Waals surface area contributed by atoms with Crippen molar-refractivity contribution in [2.24, 2.45) is 16.8 Å². The SMILES string of the molecule is O=C([NH2+][O-])c1cccc2c1OC(C1CN3CCC1CC3)C=N2. The van der Waals surface area contributed by atoms with Gasteiger partial charge in [-0.15, -0.1) is 0 Å². The van der Waals surface area contributed by atoms with Gasteiger partial charge in [0.1, 0.15) is 17.4 Å². The summed E-state index contributed by atoms with van der Waals surface area (Å²) in [7, 11) is 0. The number of aliphatic imine (C=N–C) groups is 1. The minimum absolute atomic E-state index is 0.110. The number of hydrogen-bond donors (Lipinski definition) is 1. The molecule has 6 nitrogen and oxygen atoms in total. The van der Waals surface area contributed by atoms with E-state index in [0.717, 1.165) is 6.54 Å². The normalized spacial score (nSPS) is 32.4. The molecule has 1 aromatic carbocycles. The zero-order valence-corrected chi connectivity index (χ0v) is 12.3. The summed E-state index contributed by atoms with van der Waals surface area (Å²) in [6, 6.07) is 5.16. The summed E-state index contributed by atoms with van der Waals surface area (Å²) in [5.41, 5.74) is 1.28. The second-order valence-corrected chi connectivity index (χ2v) is 6.30. The lowest BCUT2D eigenvalue weighted by Crippen LogP contribution is -2.81. The first kappa shape index (κ1) is 13.9. The number of carbonyl (C=O) groups is 1. The molecule has 0 aliphatic carbocycles. The molecule has 3 fully saturated rings. The fraction of sp³-hybridized carbons (Fsp3) is 0.500. The van der Waals surface area contributed by atoms with Crippen molar-refractivity contribution in [3.05, 3.63) is 29.0 Å². The lowest BCUT2D eigenvalue weighted by atomic mass is 9.76. The van der Waals surface area contributed by atoms with Crippen molar-refractivity contribution in [1.82, 2.24) is 4.90 Å². The summed E-state index contributed by atoms with van der Waals surface area (Å²) in [6.45, 7) is 3.38. The highest BCUT2D eigenvalue weighted by Gasteiger charge is 2.40. The van der Waals surface area contributed by atoms with Crippen LogP contribution >= 0.6 is 0 Å². The minimum atomic E-state index is -0.554. The molecule has 1 amide bonds. The first-order chi connectivity index (χ1) is 10.8. The van der Waals surface area contributed by atoms with Crippen LogP contribution in [0.25, 0.3) is 0 Å². The molecule has 2 atom stereocenters. The Labute approximate surface area is 128 Å². The Morgan fingerprint density at radius 3 is 2.86 bits per heavy atom. The Kier molecular flexibility index (Phi) is 3.44. The van der Waals surface area contributed by atoms with Crippen LogP contribution in [0.4, 0.5) is 5.69 Å². The van der Waals surface area contributed by atoms with Gasteiger partial charge in [-0.05, 0) is 44.0 Å². The fourth-order valence-corrected chi connectivity index (χ4v) is 3.91. The average Bonchev–Trinajstić information content (AvgIpc) is 2.61.